The van der Waals surface area contributed by atoms with E-state index in [1.54, 1.807) is 24.1 Å². The molecule has 4 aliphatic heterocycles. The fourth-order valence-electron chi connectivity index (χ4n) is 27.3. The lowest BCUT2D eigenvalue weighted by Crippen LogP contribution is -2.70. The van der Waals surface area contributed by atoms with Crippen molar-refractivity contribution < 1.29 is 63.9 Å². The van der Waals surface area contributed by atoms with Crippen molar-refractivity contribution in [2.75, 3.05) is 33.5 Å². The zero-order valence-corrected chi connectivity index (χ0v) is 58.9. The van der Waals surface area contributed by atoms with E-state index in [1.165, 1.54) is 87.3 Å². The number of aliphatic hydroxyl groups excluding tert-OH is 3. The lowest BCUT2D eigenvalue weighted by Gasteiger charge is -2.54. The highest BCUT2D eigenvalue weighted by atomic mass is 16.7. The summed E-state index contributed by atoms with van der Waals surface area (Å²) < 4.78 is 34.9. The van der Waals surface area contributed by atoms with E-state index >= 15 is 4.79 Å². The van der Waals surface area contributed by atoms with Crippen LogP contribution in [0.4, 0.5) is 0 Å². The smallest absolute Gasteiger partial charge is 0.254 e. The quantitative estimate of drug-likeness (QED) is 0.0815. The molecule has 15 heteroatoms. The standard InChI is InChI=1S/C87H96N2O13/c1-98-76-58-15-14-50-32-49-9-5-12-56(49)69-67(50)70(58)72-75(94)71(69)64(92)41-89-40-62-48(8-4-13-57(62)79(89)95)10-7-31-99-78-74(93)66-42-100-65(17-16-59(76)77(72)102-80(101-66)87(78,97)46-91)61-39-88-63-33-51-20-29-85-45-86(96)25-6-11-53(86)34-55(85)37-84(38-60(68(61)63)73(51)85)44-81-26-18-52(35-81)47(22-30-90)19-27-82(23-2-3-24-82)54-21-28-83(84,36-54)43-81/h4,8,13,16-17,32-33,39,47,49,52-56,65-66,74,78,80,88,90-91,93-94,96-97H,2-3,5-6,9-12,14-15,18,20-26,28-30,34-38,40-46H2,1H3. The first-order valence-corrected chi connectivity index (χ1v) is 39.4. The maximum atomic E-state index is 15.9. The fourth-order valence-corrected chi connectivity index (χ4v) is 27.3. The summed E-state index contributed by atoms with van der Waals surface area (Å²) in [4.78, 5) is 35.9. The normalized spacial score (nSPS) is 39.5. The van der Waals surface area contributed by atoms with E-state index in [1.807, 2.05) is 18.2 Å². The number of aromatic nitrogens is 1. The lowest BCUT2D eigenvalue weighted by atomic mass is 9.52. The van der Waals surface area contributed by atoms with Gasteiger partial charge in [0.25, 0.3) is 5.91 Å². The number of aliphatic hydroxyl groups is 5. The number of aryl methyl sites for hydroxylation is 2. The first kappa shape index (κ1) is 63.8. The molecule has 8 fully saturated rings. The second-order valence-corrected chi connectivity index (χ2v) is 35.8. The van der Waals surface area contributed by atoms with E-state index < -0.39 is 54.3 Å². The number of methoxy groups -OCH3 is 1. The molecule has 15 nitrogen and oxygen atoms in total. The van der Waals surface area contributed by atoms with Gasteiger partial charge in [-0.25, -0.2) is 0 Å². The second-order valence-electron chi connectivity index (χ2n) is 35.8. The maximum absolute atomic E-state index is 15.9. The van der Waals surface area contributed by atoms with E-state index in [4.69, 9.17) is 23.7 Å². The Kier molecular flexibility index (Phi) is 14.0. The fraction of sp³-hybridized carbons (Fsp3) is 0.609. The van der Waals surface area contributed by atoms with Crippen LogP contribution in [0, 0.1) is 81.0 Å². The Bertz CT molecular complexity index is 4690. The van der Waals surface area contributed by atoms with Gasteiger partial charge in [-0.3, -0.25) is 9.59 Å². The number of carbonyl (C=O) groups excluding carboxylic acids is 2. The van der Waals surface area contributed by atoms with Crippen LogP contribution in [0.3, 0.4) is 0 Å². The highest BCUT2D eigenvalue weighted by Gasteiger charge is 2.71. The Morgan fingerprint density at radius 3 is 2.56 bits per heavy atom. The van der Waals surface area contributed by atoms with E-state index in [-0.39, 0.29) is 112 Å². The Morgan fingerprint density at radius 2 is 1.70 bits per heavy atom. The Labute approximate surface area is 596 Å². The van der Waals surface area contributed by atoms with Gasteiger partial charge in [-0.2, -0.15) is 0 Å². The van der Waals surface area contributed by atoms with E-state index in [2.05, 4.69) is 47.2 Å². The molecule has 18 unspecified atom stereocenters. The molecule has 21 rings (SSSR count). The average Bonchev–Trinajstić information content (AvgIpc) is 1.53. The van der Waals surface area contributed by atoms with Crippen LogP contribution in [0.15, 0.2) is 42.6 Å². The summed E-state index contributed by atoms with van der Waals surface area (Å²) in [7, 11) is 1.64. The number of ketones is 1. The topological polar surface area (TPSA) is 221 Å². The number of H-pyrrole nitrogens is 1. The largest absolute Gasteiger partial charge is 0.506 e. The molecule has 4 aromatic carbocycles. The Balaban J connectivity index is 0.786. The van der Waals surface area contributed by atoms with Crippen molar-refractivity contribution in [3.05, 3.63) is 109 Å². The van der Waals surface area contributed by atoms with Gasteiger partial charge in [0.2, 0.25) is 6.29 Å². The zero-order valence-electron chi connectivity index (χ0n) is 58.9. The molecule has 7 N–H and O–H groups in total. The van der Waals surface area contributed by atoms with Crippen molar-refractivity contribution in [3.63, 3.8) is 0 Å². The number of nitrogens with one attached hydrogen (secondary N) is 1. The number of benzene rings is 4. The molecule has 0 radical (unpaired) electrons. The van der Waals surface area contributed by atoms with Crippen molar-refractivity contribution in [1.82, 2.24) is 9.88 Å². The number of amides is 1. The van der Waals surface area contributed by atoms with Gasteiger partial charge in [0.05, 0.1) is 49.0 Å². The first-order chi connectivity index (χ1) is 49.5. The third-order valence-electron chi connectivity index (χ3n) is 31.4. The molecule has 5 aromatic rings. The monoisotopic (exact) mass is 1380 g/mol. The van der Waals surface area contributed by atoms with E-state index in [9.17, 15) is 35.4 Å². The van der Waals surface area contributed by atoms with Gasteiger partial charge in [0.15, 0.2) is 17.5 Å². The van der Waals surface area contributed by atoms with Crippen molar-refractivity contribution in [1.29, 1.82) is 0 Å². The summed E-state index contributed by atoms with van der Waals surface area (Å²) >= 11 is 0. The van der Waals surface area contributed by atoms with Crippen LogP contribution in [-0.4, -0.2) is 121 Å². The molecule has 532 valence electrons. The molecule has 7 saturated carbocycles. The number of carbonyl (C=O) groups is 2. The molecule has 18 atom stereocenters. The highest BCUT2D eigenvalue weighted by Crippen LogP contribution is 2.79. The van der Waals surface area contributed by atoms with E-state index in [0.29, 0.717) is 52.9 Å². The SMILES string of the molecule is COc1c2c3c4c(O)c(c5c6c4c1CCC6=CC1CCCC51)C(=O)CN1Cc4c(cccc4C1=O)CC#COC1C(O)C(COC(c4c[nH]c5cc6c7c(c45)CC4(CC5CC8CCCC8(O)CC75CC6)CC56CCC(C5)C(CCO)C#CC5(CCCC5)C5CCC4(C5)C6)C=C2)OC(O3)C1(O)CO. The second kappa shape index (κ2) is 22.5. The van der Waals surface area contributed by atoms with Gasteiger partial charge in [-0.1, -0.05) is 67.7 Å². The molecule has 102 heavy (non-hydrogen) atoms. The van der Waals surface area contributed by atoms with Crippen LogP contribution < -0.4 is 9.47 Å². The third kappa shape index (κ3) is 8.65. The van der Waals surface area contributed by atoms with Crippen molar-refractivity contribution in [2.45, 2.75) is 240 Å². The number of hydrogen-bond acceptors (Lipinski definition) is 13. The third-order valence-corrected chi connectivity index (χ3v) is 31.4. The minimum atomic E-state index is -2.50. The summed E-state index contributed by atoms with van der Waals surface area (Å²) in [6.45, 7) is -1.20. The summed E-state index contributed by atoms with van der Waals surface area (Å²) in [6, 6.07) is 7.90. The van der Waals surface area contributed by atoms with Gasteiger partial charge in [0.1, 0.15) is 41.7 Å². The maximum Gasteiger partial charge on any atom is 0.254 e. The summed E-state index contributed by atoms with van der Waals surface area (Å²) in [5.74, 6) is 12.8. The minimum Gasteiger partial charge on any atom is -0.506 e. The molecular weight excluding hydrogens is 1280 g/mol. The van der Waals surface area contributed by atoms with Gasteiger partial charge in [0, 0.05) is 75.5 Å². The zero-order chi connectivity index (χ0) is 68.8. The van der Waals surface area contributed by atoms with Gasteiger partial charge in [-0.15, -0.1) is 0 Å². The number of aromatic hydroxyl groups is 1. The molecule has 1 aromatic heterocycles. The number of phenolic OH excluding ortho intramolecular Hbond substituents is 1. The Morgan fingerprint density at radius 1 is 0.824 bits per heavy atom. The van der Waals surface area contributed by atoms with Crippen LogP contribution in [0.1, 0.15) is 242 Å². The number of aromatic amines is 1. The molecule has 16 aliphatic rings. The summed E-state index contributed by atoms with van der Waals surface area (Å²) in [5, 5.41) is 77.8. The van der Waals surface area contributed by atoms with Crippen LogP contribution in [0.25, 0.3) is 33.3 Å². The molecule has 5 spiro atoms. The van der Waals surface area contributed by atoms with Crippen molar-refractivity contribution >= 4 is 45.0 Å². The number of phenols is 1. The number of hydrogen-bond donors (Lipinski definition) is 7. The number of Topliss-reactive ketones (excluding diaryl/α,β-unsaturated/α-hetero) is 1. The predicted molar refractivity (Wildman–Crippen MR) is 382 cm³/mol. The van der Waals surface area contributed by atoms with Crippen LogP contribution in [-0.2, 0) is 51.9 Å². The molecule has 1 amide bonds. The first-order valence-electron chi connectivity index (χ1n) is 39.4. The van der Waals surface area contributed by atoms with E-state index in [0.717, 1.165) is 140 Å². The van der Waals surface area contributed by atoms with Crippen LogP contribution in [0.2, 0.25) is 0 Å². The van der Waals surface area contributed by atoms with Crippen LogP contribution >= 0.6 is 0 Å². The van der Waals surface area contributed by atoms with Gasteiger partial charge < -0.3 is 64.2 Å². The molecule has 12 aliphatic carbocycles. The molecule has 1 saturated heterocycles. The number of allylic oxidation sites excluding steroid dienone is 2. The van der Waals surface area contributed by atoms with Crippen molar-refractivity contribution in [3.8, 4) is 41.1 Å². The average molecular weight is 1380 g/mol. The molecular formula is C87H96N2O13. The molecule has 5 heterocycles. The summed E-state index contributed by atoms with van der Waals surface area (Å²) in [5.41, 5.74) is 9.09. The van der Waals surface area contributed by atoms with Crippen LogP contribution in [0.5, 0.6) is 17.2 Å². The van der Waals surface area contributed by atoms with Crippen molar-refractivity contribution in [2.24, 2.45) is 57.2 Å². The number of nitrogens with zero attached hydrogens (tertiary/aromatic N) is 1. The number of fused-ring (bicyclic) bond motifs is 13. The lowest BCUT2D eigenvalue weighted by molar-refractivity contribution is -0.328. The predicted octanol–water partition coefficient (Wildman–Crippen LogP) is 13.0. The number of rotatable bonds is 5. The summed E-state index contributed by atoms with van der Waals surface area (Å²) in [6.07, 6.45) is 32.2. The van der Waals surface area contributed by atoms with Gasteiger partial charge >= 0.3 is 0 Å². The highest BCUT2D eigenvalue weighted by molar-refractivity contribution is 6.17. The van der Waals surface area contributed by atoms with Gasteiger partial charge in [-0.05, 0) is 262 Å². The molecule has 12 bridgehead atoms. The Hall–Kier alpha value is -6.66. The number of ether oxygens (including phenoxy) is 5. The minimum absolute atomic E-state index is 0.00639.